The van der Waals surface area contributed by atoms with Gasteiger partial charge in [0.1, 0.15) is 0 Å². The molecule has 102 valence electrons. The van der Waals surface area contributed by atoms with Crippen LogP contribution in [0.4, 0.5) is 0 Å². The zero-order chi connectivity index (χ0) is 13.6. The molecule has 0 amide bonds. The molecule has 0 heterocycles. The quantitative estimate of drug-likeness (QED) is 0.700. The first-order chi connectivity index (χ1) is 8.41. The Bertz CT molecular complexity index is 378. The highest BCUT2D eigenvalue weighted by molar-refractivity contribution is 8.07. The first kappa shape index (κ1) is 15.8. The van der Waals surface area contributed by atoms with Gasteiger partial charge in [-0.1, -0.05) is 30.3 Å². The fourth-order valence-corrected chi connectivity index (χ4v) is 4.03. The van der Waals surface area contributed by atoms with Gasteiger partial charge >= 0.3 is 6.72 Å². The molecule has 3 nitrogen and oxygen atoms in total. The Balaban J connectivity index is 2.64. The zero-order valence-corrected chi connectivity index (χ0v) is 13.0. The number of hydrogen-bond donors (Lipinski definition) is 0. The van der Waals surface area contributed by atoms with E-state index in [0.29, 0.717) is 6.61 Å². The predicted molar refractivity (Wildman–Crippen MR) is 78.0 cm³/mol. The molecular weight excluding hydrogens is 267 g/mol. The molecule has 0 N–H and O–H groups in total. The van der Waals surface area contributed by atoms with Gasteiger partial charge in [0, 0.05) is 0 Å². The summed E-state index contributed by atoms with van der Waals surface area (Å²) in [6.45, 7) is 5.46. The molecule has 1 aromatic carbocycles. The zero-order valence-electron chi connectivity index (χ0n) is 11.3. The van der Waals surface area contributed by atoms with Crippen LogP contribution in [0.3, 0.4) is 0 Å². The van der Waals surface area contributed by atoms with Crippen LogP contribution in [0, 0.1) is 0 Å². The van der Waals surface area contributed by atoms with Crippen LogP contribution in [-0.4, -0.2) is 12.2 Å². The van der Waals surface area contributed by atoms with E-state index in [1.54, 1.807) is 0 Å². The van der Waals surface area contributed by atoms with Gasteiger partial charge in [0.05, 0.1) is 18.8 Å². The second kappa shape index (κ2) is 7.37. The Hall–Kier alpha value is -0.250. The maximum atomic E-state index is 5.72. The van der Waals surface area contributed by atoms with E-state index in [0.717, 1.165) is 5.56 Å². The lowest BCUT2D eigenvalue weighted by atomic mass is 10.2. The summed E-state index contributed by atoms with van der Waals surface area (Å²) >= 11 is 5.40. The summed E-state index contributed by atoms with van der Waals surface area (Å²) in [4.78, 5) is 0. The van der Waals surface area contributed by atoms with Crippen LogP contribution in [0.1, 0.15) is 33.3 Å². The summed E-state index contributed by atoms with van der Waals surface area (Å²) in [5.74, 6) is 0. The minimum Gasteiger partial charge on any atom is -0.306 e. The topological polar surface area (TPSA) is 27.7 Å². The molecule has 0 atom stereocenters. The highest BCUT2D eigenvalue weighted by Crippen LogP contribution is 2.52. The average molecular weight is 288 g/mol. The van der Waals surface area contributed by atoms with Crippen LogP contribution in [-0.2, 0) is 32.0 Å². The highest BCUT2D eigenvalue weighted by Gasteiger charge is 2.24. The van der Waals surface area contributed by atoms with Crippen molar-refractivity contribution < 1.29 is 13.6 Å². The predicted octanol–water partition coefficient (Wildman–Crippen LogP) is 4.28. The Kier molecular flexibility index (Phi) is 6.47. The minimum absolute atomic E-state index is 0.00893. The van der Waals surface area contributed by atoms with Gasteiger partial charge in [-0.15, -0.1) is 0 Å². The van der Waals surface area contributed by atoms with E-state index in [9.17, 15) is 0 Å². The largest absolute Gasteiger partial charge is 0.327 e. The van der Waals surface area contributed by atoms with Crippen LogP contribution < -0.4 is 0 Å². The highest BCUT2D eigenvalue weighted by atomic mass is 32.5. The summed E-state index contributed by atoms with van der Waals surface area (Å²) < 4.78 is 17.0. The minimum atomic E-state index is -2.66. The van der Waals surface area contributed by atoms with Crippen molar-refractivity contribution in [3.63, 3.8) is 0 Å². The van der Waals surface area contributed by atoms with Gasteiger partial charge in [0.2, 0.25) is 0 Å². The fraction of sp³-hybridized carbons (Fsp3) is 0.538. The second-order valence-corrected chi connectivity index (χ2v) is 7.43. The fourth-order valence-electron chi connectivity index (χ4n) is 1.33. The molecule has 0 radical (unpaired) electrons. The first-order valence-electron chi connectivity index (χ1n) is 6.06. The number of rotatable bonds is 7. The molecule has 5 heteroatoms. The van der Waals surface area contributed by atoms with Crippen molar-refractivity contribution in [2.75, 3.05) is 0 Å². The molecule has 0 unspecified atom stereocenters. The van der Waals surface area contributed by atoms with Crippen molar-refractivity contribution in [3.8, 4) is 0 Å². The van der Waals surface area contributed by atoms with Gasteiger partial charge in [-0.2, -0.15) is 0 Å². The van der Waals surface area contributed by atoms with Crippen LogP contribution >= 0.6 is 6.72 Å². The molecule has 0 aliphatic carbocycles. The summed E-state index contributed by atoms with van der Waals surface area (Å²) in [5, 5.41) is 0. The van der Waals surface area contributed by atoms with Gasteiger partial charge < -0.3 is 13.6 Å². The molecule has 0 saturated carbocycles. The Morgan fingerprint density at radius 3 is 1.94 bits per heavy atom. The lowest BCUT2D eigenvalue weighted by Gasteiger charge is -2.25. The number of benzene rings is 1. The van der Waals surface area contributed by atoms with Gasteiger partial charge in [0.25, 0.3) is 0 Å². The van der Waals surface area contributed by atoms with Gasteiger partial charge in [-0.3, -0.25) is 0 Å². The van der Waals surface area contributed by atoms with E-state index in [4.69, 9.17) is 25.4 Å². The van der Waals surface area contributed by atoms with Crippen LogP contribution in [0.25, 0.3) is 0 Å². The maximum absolute atomic E-state index is 5.72. The SMILES string of the molecule is CC(C)OP(=S)(OCc1ccccc1)OC(C)C. The molecule has 0 aliphatic heterocycles. The standard InChI is InChI=1S/C13H21O3PS/c1-11(2)15-17(18,16-12(3)4)14-10-13-8-6-5-7-9-13/h5-9,11-12H,10H2,1-4H3. The summed E-state index contributed by atoms with van der Waals surface area (Å²) in [6.07, 6.45) is -0.0179. The second-order valence-electron chi connectivity index (χ2n) is 4.51. The normalized spacial score (nSPS) is 12.3. The van der Waals surface area contributed by atoms with Crippen LogP contribution in [0.5, 0.6) is 0 Å². The Morgan fingerprint density at radius 1 is 1.00 bits per heavy atom. The summed E-state index contributed by atoms with van der Waals surface area (Å²) in [5.41, 5.74) is 1.06. The molecule has 0 spiro atoms. The summed E-state index contributed by atoms with van der Waals surface area (Å²) in [7, 11) is 0. The van der Waals surface area contributed by atoms with Gasteiger partial charge in [-0.25, -0.2) is 0 Å². The lowest BCUT2D eigenvalue weighted by Crippen LogP contribution is -2.09. The molecule has 0 saturated heterocycles. The maximum Gasteiger partial charge on any atom is 0.327 e. The van der Waals surface area contributed by atoms with E-state index in [1.165, 1.54) is 0 Å². The van der Waals surface area contributed by atoms with Gasteiger partial charge in [0.15, 0.2) is 0 Å². The Labute approximate surface area is 115 Å². The van der Waals surface area contributed by atoms with E-state index in [2.05, 4.69) is 0 Å². The van der Waals surface area contributed by atoms with Crippen molar-refractivity contribution in [1.29, 1.82) is 0 Å². The van der Waals surface area contributed by atoms with Crippen molar-refractivity contribution in [1.82, 2.24) is 0 Å². The van der Waals surface area contributed by atoms with E-state index < -0.39 is 6.72 Å². The van der Waals surface area contributed by atoms with Crippen molar-refractivity contribution >= 4 is 18.5 Å². The third kappa shape index (κ3) is 6.07. The van der Waals surface area contributed by atoms with E-state index in [1.807, 2.05) is 58.0 Å². The average Bonchev–Trinajstić information content (AvgIpc) is 2.26. The lowest BCUT2D eigenvalue weighted by molar-refractivity contribution is 0.105. The molecule has 0 fully saturated rings. The van der Waals surface area contributed by atoms with E-state index in [-0.39, 0.29) is 12.2 Å². The molecular formula is C13H21O3PS. The first-order valence-corrected chi connectivity index (χ1v) is 8.62. The van der Waals surface area contributed by atoms with E-state index >= 15 is 0 Å². The molecule has 1 aromatic rings. The third-order valence-electron chi connectivity index (χ3n) is 1.91. The molecule has 0 aromatic heterocycles. The third-order valence-corrected chi connectivity index (χ3v) is 4.55. The van der Waals surface area contributed by atoms with Crippen molar-refractivity contribution in [3.05, 3.63) is 35.9 Å². The number of hydrogen-bond acceptors (Lipinski definition) is 4. The van der Waals surface area contributed by atoms with Crippen molar-refractivity contribution in [2.24, 2.45) is 0 Å². The molecule has 18 heavy (non-hydrogen) atoms. The summed E-state index contributed by atoms with van der Waals surface area (Å²) in [6, 6.07) is 9.88. The molecule has 1 rings (SSSR count). The Morgan fingerprint density at radius 2 is 1.50 bits per heavy atom. The molecule has 0 aliphatic rings. The van der Waals surface area contributed by atoms with Crippen LogP contribution in [0.2, 0.25) is 0 Å². The van der Waals surface area contributed by atoms with Crippen molar-refractivity contribution in [2.45, 2.75) is 46.5 Å². The smallest absolute Gasteiger partial charge is 0.306 e. The van der Waals surface area contributed by atoms with Crippen LogP contribution in [0.15, 0.2) is 30.3 Å². The monoisotopic (exact) mass is 288 g/mol. The van der Waals surface area contributed by atoms with Gasteiger partial charge in [-0.05, 0) is 45.1 Å². The molecule has 0 bridgehead atoms.